The minimum atomic E-state index is -4.51. The van der Waals surface area contributed by atoms with Crippen LogP contribution in [0, 0.1) is 29.5 Å². The molecule has 2 aromatic heterocycles. The van der Waals surface area contributed by atoms with Crippen molar-refractivity contribution in [3.63, 3.8) is 0 Å². The molecule has 3 aromatic rings. The molecule has 178 valence electrons. The Labute approximate surface area is 194 Å². The number of halogens is 4. The number of pyridine rings is 2. The van der Waals surface area contributed by atoms with Gasteiger partial charge in [-0.15, -0.1) is 0 Å². The second-order valence-electron chi connectivity index (χ2n) is 9.69. The molecule has 0 saturated heterocycles. The standard InChI is InChI=1S/C26H25F4N3O/c1-14(25(34)33-20-3-5-24(32-13-20)26(28,29)30)15-8-16-10-18(11-17(16)9-15)21-6-7-31-23-4-2-19(27)12-22(21)23/h2-7,12-18H,8-11H2,1H3,(H,33,34)/t14?,15-,16-,17+,18?. The third-order valence-corrected chi connectivity index (χ3v) is 7.67. The van der Waals surface area contributed by atoms with E-state index in [1.807, 2.05) is 13.0 Å². The van der Waals surface area contributed by atoms with Crippen molar-refractivity contribution in [2.45, 2.75) is 44.7 Å². The fraction of sp³-hybridized carbons (Fsp3) is 0.423. The molecule has 4 nitrogen and oxygen atoms in total. The highest BCUT2D eigenvalue weighted by molar-refractivity contribution is 5.92. The highest BCUT2D eigenvalue weighted by Gasteiger charge is 2.44. The number of anilines is 1. The van der Waals surface area contributed by atoms with Gasteiger partial charge in [0.1, 0.15) is 11.5 Å². The van der Waals surface area contributed by atoms with Crippen molar-refractivity contribution in [3.05, 3.63) is 65.9 Å². The van der Waals surface area contributed by atoms with E-state index in [0.29, 0.717) is 17.8 Å². The van der Waals surface area contributed by atoms with Crippen LogP contribution in [0.15, 0.2) is 48.8 Å². The largest absolute Gasteiger partial charge is 0.433 e. The fourth-order valence-electron chi connectivity index (χ4n) is 5.93. The predicted octanol–water partition coefficient (Wildman–Crippen LogP) is 6.58. The van der Waals surface area contributed by atoms with Crippen molar-refractivity contribution in [2.75, 3.05) is 5.32 Å². The van der Waals surface area contributed by atoms with Crippen molar-refractivity contribution in [2.24, 2.45) is 23.7 Å². The van der Waals surface area contributed by atoms with Crippen molar-refractivity contribution < 1.29 is 22.4 Å². The lowest BCUT2D eigenvalue weighted by molar-refractivity contribution is -0.141. The summed E-state index contributed by atoms with van der Waals surface area (Å²) in [6.45, 7) is 1.88. The van der Waals surface area contributed by atoms with Gasteiger partial charge in [-0.2, -0.15) is 13.2 Å². The molecule has 1 N–H and O–H groups in total. The van der Waals surface area contributed by atoms with Gasteiger partial charge in [0.25, 0.3) is 0 Å². The van der Waals surface area contributed by atoms with Gasteiger partial charge in [-0.25, -0.2) is 9.37 Å². The number of nitrogens with zero attached hydrogens (tertiary/aromatic N) is 2. The van der Waals surface area contributed by atoms with Crippen LogP contribution in [0.3, 0.4) is 0 Å². The summed E-state index contributed by atoms with van der Waals surface area (Å²) >= 11 is 0. The van der Waals surface area contributed by atoms with Crippen LogP contribution in [0.2, 0.25) is 0 Å². The zero-order valence-corrected chi connectivity index (χ0v) is 18.6. The van der Waals surface area contributed by atoms with Gasteiger partial charge in [0.05, 0.1) is 17.4 Å². The molecule has 2 aliphatic rings. The quantitative estimate of drug-likeness (QED) is 0.437. The zero-order chi connectivity index (χ0) is 24.0. The Morgan fingerprint density at radius 2 is 1.76 bits per heavy atom. The lowest BCUT2D eigenvalue weighted by Crippen LogP contribution is -2.26. The van der Waals surface area contributed by atoms with E-state index in [1.165, 1.54) is 12.1 Å². The maximum atomic E-state index is 13.9. The summed E-state index contributed by atoms with van der Waals surface area (Å²) in [5.74, 6) is 0.893. The maximum absolute atomic E-state index is 13.9. The number of hydrogen-bond donors (Lipinski definition) is 1. The lowest BCUT2D eigenvalue weighted by Gasteiger charge is -2.21. The van der Waals surface area contributed by atoms with E-state index in [9.17, 15) is 22.4 Å². The van der Waals surface area contributed by atoms with Gasteiger partial charge < -0.3 is 5.32 Å². The fourth-order valence-corrected chi connectivity index (χ4v) is 5.93. The number of carbonyl (C=O) groups excluding carboxylic acids is 1. The van der Waals surface area contributed by atoms with Crippen LogP contribution >= 0.6 is 0 Å². The summed E-state index contributed by atoms with van der Waals surface area (Å²) in [6, 6.07) is 8.81. The first-order valence-corrected chi connectivity index (χ1v) is 11.6. The molecule has 8 heteroatoms. The van der Waals surface area contributed by atoms with Crippen LogP contribution in [0.4, 0.5) is 23.2 Å². The number of fused-ring (bicyclic) bond motifs is 2. The molecule has 0 spiro atoms. The van der Waals surface area contributed by atoms with Crippen molar-refractivity contribution >= 4 is 22.5 Å². The van der Waals surface area contributed by atoms with E-state index < -0.39 is 11.9 Å². The molecule has 0 radical (unpaired) electrons. The number of benzene rings is 1. The second kappa shape index (κ2) is 8.64. The van der Waals surface area contributed by atoms with Gasteiger partial charge in [-0.1, -0.05) is 6.92 Å². The minimum absolute atomic E-state index is 0.196. The first kappa shape index (κ1) is 22.7. The van der Waals surface area contributed by atoms with Crippen LogP contribution in [-0.2, 0) is 11.0 Å². The number of amides is 1. The van der Waals surface area contributed by atoms with Gasteiger partial charge >= 0.3 is 6.18 Å². The van der Waals surface area contributed by atoms with Crippen LogP contribution in [0.25, 0.3) is 10.9 Å². The van der Waals surface area contributed by atoms with E-state index in [-0.39, 0.29) is 29.2 Å². The Morgan fingerprint density at radius 3 is 2.41 bits per heavy atom. The summed E-state index contributed by atoms with van der Waals surface area (Å²) in [5.41, 5.74) is 1.23. The van der Waals surface area contributed by atoms with Crippen molar-refractivity contribution in [1.82, 2.24) is 9.97 Å². The summed E-state index contributed by atoms with van der Waals surface area (Å²) in [6.07, 6.45) is 2.23. The Balaban J connectivity index is 1.21. The molecule has 0 bridgehead atoms. The van der Waals surface area contributed by atoms with Gasteiger partial charge in [0.2, 0.25) is 5.91 Å². The van der Waals surface area contributed by atoms with Crippen LogP contribution in [-0.4, -0.2) is 15.9 Å². The smallest absolute Gasteiger partial charge is 0.324 e. The average Bonchev–Trinajstić information content (AvgIpc) is 3.37. The number of alkyl halides is 3. The van der Waals surface area contributed by atoms with E-state index >= 15 is 0 Å². The Bertz CT molecular complexity index is 1200. The molecular weight excluding hydrogens is 446 g/mol. The highest BCUT2D eigenvalue weighted by Crippen LogP contribution is 2.54. The molecule has 0 aliphatic heterocycles. The molecular formula is C26H25F4N3O. The van der Waals surface area contributed by atoms with Crippen molar-refractivity contribution in [1.29, 1.82) is 0 Å². The van der Waals surface area contributed by atoms with Gasteiger partial charge in [0, 0.05) is 17.5 Å². The Hall–Kier alpha value is -3.03. The monoisotopic (exact) mass is 471 g/mol. The van der Waals surface area contributed by atoms with Crippen LogP contribution in [0.1, 0.15) is 49.8 Å². The summed E-state index contributed by atoms with van der Waals surface area (Å²) in [4.78, 5) is 20.5. The molecule has 1 amide bonds. The Kier molecular flexibility index (Phi) is 5.78. The predicted molar refractivity (Wildman–Crippen MR) is 120 cm³/mol. The normalized spacial score (nSPS) is 25.3. The molecule has 2 aliphatic carbocycles. The van der Waals surface area contributed by atoms with Crippen LogP contribution < -0.4 is 5.32 Å². The van der Waals surface area contributed by atoms with E-state index in [1.54, 1.807) is 18.3 Å². The van der Waals surface area contributed by atoms with Gasteiger partial charge in [-0.3, -0.25) is 9.78 Å². The number of nitrogens with one attached hydrogen (secondary N) is 1. The van der Waals surface area contributed by atoms with Gasteiger partial charge in [0.15, 0.2) is 0 Å². The topological polar surface area (TPSA) is 54.9 Å². The van der Waals surface area contributed by atoms with Gasteiger partial charge in [-0.05, 0) is 91.3 Å². The third-order valence-electron chi connectivity index (χ3n) is 7.67. The number of aromatic nitrogens is 2. The highest BCUT2D eigenvalue weighted by atomic mass is 19.4. The molecule has 2 heterocycles. The molecule has 1 aromatic carbocycles. The number of hydrogen-bond acceptors (Lipinski definition) is 3. The SMILES string of the molecule is CC(C(=O)Nc1ccc(C(F)(F)F)nc1)[C@H]1C[C@H]2CC(c3ccnc4ccc(F)cc34)C[C@H]2C1. The average molecular weight is 471 g/mol. The minimum Gasteiger partial charge on any atom is -0.324 e. The summed E-state index contributed by atoms with van der Waals surface area (Å²) in [7, 11) is 0. The van der Waals surface area contributed by atoms with E-state index in [4.69, 9.17) is 0 Å². The zero-order valence-electron chi connectivity index (χ0n) is 18.6. The Morgan fingerprint density at radius 1 is 1.03 bits per heavy atom. The second-order valence-corrected chi connectivity index (χ2v) is 9.69. The third kappa shape index (κ3) is 4.38. The molecule has 2 fully saturated rings. The van der Waals surface area contributed by atoms with Crippen LogP contribution in [0.5, 0.6) is 0 Å². The molecule has 2 unspecified atom stereocenters. The van der Waals surface area contributed by atoms with E-state index in [2.05, 4.69) is 15.3 Å². The van der Waals surface area contributed by atoms with E-state index in [0.717, 1.165) is 54.4 Å². The molecule has 5 rings (SSSR count). The molecule has 34 heavy (non-hydrogen) atoms. The first-order chi connectivity index (χ1) is 16.2. The first-order valence-electron chi connectivity index (χ1n) is 11.6. The molecule has 2 saturated carbocycles. The summed E-state index contributed by atoms with van der Waals surface area (Å²) in [5, 5.41) is 3.59. The molecule has 5 atom stereocenters. The lowest BCUT2D eigenvalue weighted by atomic mass is 9.86. The number of carbonyl (C=O) groups is 1. The summed E-state index contributed by atoms with van der Waals surface area (Å²) < 4.78 is 51.9. The maximum Gasteiger partial charge on any atom is 0.433 e. The number of rotatable bonds is 4. The van der Waals surface area contributed by atoms with Crippen molar-refractivity contribution in [3.8, 4) is 0 Å².